The number of hydrogen-bond acceptors (Lipinski definition) is 3. The maximum absolute atomic E-state index is 11.6. The normalized spacial score (nSPS) is 11.6. The molecule has 0 saturated heterocycles. The molecule has 4 heteroatoms. The number of nitrogens with one attached hydrogen (secondary N) is 2. The third-order valence-electron chi connectivity index (χ3n) is 4.27. The van der Waals surface area contributed by atoms with Gasteiger partial charge in [0.15, 0.2) is 0 Å². The van der Waals surface area contributed by atoms with E-state index in [1.807, 2.05) is 0 Å². The van der Waals surface area contributed by atoms with E-state index >= 15 is 0 Å². The topological polar surface area (TPSA) is 61.4 Å². The summed E-state index contributed by atoms with van der Waals surface area (Å²) in [5.41, 5.74) is 0. The Hall–Kier alpha value is -1.13. The van der Waals surface area contributed by atoms with Crippen molar-refractivity contribution in [1.82, 2.24) is 10.6 Å². The largest absolute Gasteiger partial charge is 0.395 e. The van der Waals surface area contributed by atoms with Gasteiger partial charge in [-0.05, 0) is 38.5 Å². The SMILES string of the molecule is CCCCC/C=C/C/C=C/CCCCCCCC(=O)NCCNCCO. The minimum Gasteiger partial charge on any atom is -0.395 e. The number of unbranched alkanes of at least 4 members (excludes halogenated alkanes) is 8. The van der Waals surface area contributed by atoms with Crippen LogP contribution in [0.4, 0.5) is 0 Å². The number of rotatable bonds is 19. The molecule has 4 nitrogen and oxygen atoms in total. The van der Waals surface area contributed by atoms with E-state index in [9.17, 15) is 4.79 Å². The van der Waals surface area contributed by atoms with Crippen LogP contribution in [-0.4, -0.2) is 37.3 Å². The Bertz CT molecular complexity index is 354. The number of amides is 1. The summed E-state index contributed by atoms with van der Waals surface area (Å²) in [6.45, 7) is 4.32. The number of aliphatic hydroxyl groups is 1. The van der Waals surface area contributed by atoms with Crippen molar-refractivity contribution in [2.24, 2.45) is 0 Å². The van der Waals surface area contributed by atoms with Crippen LogP contribution in [0.15, 0.2) is 24.3 Å². The molecule has 0 spiro atoms. The molecule has 0 fully saturated rings. The van der Waals surface area contributed by atoms with Gasteiger partial charge >= 0.3 is 0 Å². The fraction of sp³-hybridized carbons (Fsp3) is 0.773. The van der Waals surface area contributed by atoms with Crippen molar-refractivity contribution < 1.29 is 9.90 Å². The summed E-state index contributed by atoms with van der Waals surface area (Å²) in [4.78, 5) is 11.6. The second-order valence-electron chi connectivity index (χ2n) is 6.80. The summed E-state index contributed by atoms with van der Waals surface area (Å²) in [5.74, 6) is 0.140. The lowest BCUT2D eigenvalue weighted by atomic mass is 10.1. The molecule has 0 aliphatic rings. The lowest BCUT2D eigenvalue weighted by Crippen LogP contribution is -2.32. The van der Waals surface area contributed by atoms with E-state index < -0.39 is 0 Å². The summed E-state index contributed by atoms with van der Waals surface area (Å²) in [6, 6.07) is 0. The molecule has 0 heterocycles. The van der Waals surface area contributed by atoms with Crippen LogP contribution in [0, 0.1) is 0 Å². The van der Waals surface area contributed by atoms with Crippen molar-refractivity contribution >= 4 is 5.91 Å². The smallest absolute Gasteiger partial charge is 0.220 e. The zero-order valence-corrected chi connectivity index (χ0v) is 17.0. The number of allylic oxidation sites excluding steroid dienone is 4. The number of aliphatic hydroxyl groups excluding tert-OH is 1. The molecular weight excluding hydrogens is 324 g/mol. The standard InChI is InChI=1S/C22H42N2O2/c1-2-3-4-5-6-7-8-9-10-11-12-13-14-15-16-17-22(26)24-19-18-23-20-21-25/h6-7,9-10,23,25H,2-5,8,11-21H2,1H3,(H,24,26)/b7-6+,10-9+. The van der Waals surface area contributed by atoms with Gasteiger partial charge in [-0.15, -0.1) is 0 Å². The molecule has 0 aromatic carbocycles. The fourth-order valence-corrected chi connectivity index (χ4v) is 2.68. The molecule has 0 atom stereocenters. The first kappa shape index (κ1) is 24.9. The lowest BCUT2D eigenvalue weighted by Gasteiger charge is -2.06. The Morgan fingerprint density at radius 1 is 0.808 bits per heavy atom. The van der Waals surface area contributed by atoms with Gasteiger partial charge in [0, 0.05) is 26.1 Å². The van der Waals surface area contributed by atoms with E-state index in [0.29, 0.717) is 26.1 Å². The van der Waals surface area contributed by atoms with Crippen LogP contribution in [0.3, 0.4) is 0 Å². The minimum absolute atomic E-state index is 0.139. The van der Waals surface area contributed by atoms with Gasteiger partial charge in [0.25, 0.3) is 0 Å². The van der Waals surface area contributed by atoms with Crippen LogP contribution in [0.25, 0.3) is 0 Å². The highest BCUT2D eigenvalue weighted by atomic mass is 16.3. The molecule has 1 amide bonds. The third kappa shape index (κ3) is 20.9. The molecule has 0 bridgehead atoms. The minimum atomic E-state index is 0.139. The number of carbonyl (C=O) groups excluding carboxylic acids is 1. The van der Waals surface area contributed by atoms with E-state index in [0.717, 1.165) is 19.3 Å². The maximum Gasteiger partial charge on any atom is 0.220 e. The van der Waals surface area contributed by atoms with Crippen LogP contribution in [0.5, 0.6) is 0 Å². The average Bonchev–Trinajstić information content (AvgIpc) is 2.64. The van der Waals surface area contributed by atoms with E-state index in [1.54, 1.807) is 0 Å². The Balaban J connectivity index is 3.25. The van der Waals surface area contributed by atoms with Gasteiger partial charge in [0.2, 0.25) is 5.91 Å². The van der Waals surface area contributed by atoms with Crippen LogP contribution in [0.1, 0.15) is 84.0 Å². The van der Waals surface area contributed by atoms with Gasteiger partial charge in [0.05, 0.1) is 6.61 Å². The third-order valence-corrected chi connectivity index (χ3v) is 4.27. The van der Waals surface area contributed by atoms with Gasteiger partial charge < -0.3 is 15.7 Å². The monoisotopic (exact) mass is 366 g/mol. The molecule has 152 valence electrons. The van der Waals surface area contributed by atoms with Crippen molar-refractivity contribution in [3.63, 3.8) is 0 Å². The molecule has 0 aliphatic heterocycles. The molecular formula is C22H42N2O2. The highest BCUT2D eigenvalue weighted by Crippen LogP contribution is 2.08. The highest BCUT2D eigenvalue weighted by molar-refractivity contribution is 5.75. The van der Waals surface area contributed by atoms with Gasteiger partial charge in [0.1, 0.15) is 0 Å². The number of carbonyl (C=O) groups is 1. The molecule has 0 saturated carbocycles. The molecule has 0 aromatic heterocycles. The van der Waals surface area contributed by atoms with Crippen molar-refractivity contribution in [1.29, 1.82) is 0 Å². The predicted molar refractivity (Wildman–Crippen MR) is 112 cm³/mol. The highest BCUT2D eigenvalue weighted by Gasteiger charge is 1.99. The molecule has 0 radical (unpaired) electrons. The Morgan fingerprint density at radius 2 is 1.46 bits per heavy atom. The first-order valence-electron chi connectivity index (χ1n) is 10.7. The molecule has 0 aromatic rings. The van der Waals surface area contributed by atoms with Crippen LogP contribution in [-0.2, 0) is 4.79 Å². The molecule has 0 unspecified atom stereocenters. The summed E-state index contributed by atoms with van der Waals surface area (Å²) >= 11 is 0. The Morgan fingerprint density at radius 3 is 2.15 bits per heavy atom. The summed E-state index contributed by atoms with van der Waals surface area (Å²) < 4.78 is 0. The zero-order valence-electron chi connectivity index (χ0n) is 17.0. The van der Waals surface area contributed by atoms with Crippen molar-refractivity contribution in [3.05, 3.63) is 24.3 Å². The summed E-state index contributed by atoms with van der Waals surface area (Å²) in [5, 5.41) is 14.6. The maximum atomic E-state index is 11.6. The summed E-state index contributed by atoms with van der Waals surface area (Å²) in [7, 11) is 0. The van der Waals surface area contributed by atoms with Crippen LogP contribution >= 0.6 is 0 Å². The molecule has 26 heavy (non-hydrogen) atoms. The molecule has 0 aliphatic carbocycles. The van der Waals surface area contributed by atoms with Gasteiger partial charge in [-0.1, -0.05) is 63.3 Å². The Labute approximate surface area is 161 Å². The average molecular weight is 367 g/mol. The van der Waals surface area contributed by atoms with Crippen LogP contribution in [0.2, 0.25) is 0 Å². The van der Waals surface area contributed by atoms with E-state index in [2.05, 4.69) is 41.9 Å². The predicted octanol–water partition coefficient (Wildman–Crippen LogP) is 4.50. The van der Waals surface area contributed by atoms with Gasteiger partial charge in [-0.2, -0.15) is 0 Å². The molecule has 0 rings (SSSR count). The molecule has 3 N–H and O–H groups in total. The van der Waals surface area contributed by atoms with E-state index in [4.69, 9.17) is 5.11 Å². The quantitative estimate of drug-likeness (QED) is 0.233. The Kier molecular flexibility index (Phi) is 21.0. The summed E-state index contributed by atoms with van der Waals surface area (Å²) in [6.07, 6.45) is 23.0. The fourth-order valence-electron chi connectivity index (χ4n) is 2.68. The number of hydrogen-bond donors (Lipinski definition) is 3. The van der Waals surface area contributed by atoms with Gasteiger partial charge in [-0.25, -0.2) is 0 Å². The second kappa shape index (κ2) is 21.9. The zero-order chi connectivity index (χ0) is 19.1. The van der Waals surface area contributed by atoms with E-state index in [-0.39, 0.29) is 12.5 Å². The van der Waals surface area contributed by atoms with E-state index in [1.165, 1.54) is 51.4 Å². The lowest BCUT2D eigenvalue weighted by molar-refractivity contribution is -0.121. The van der Waals surface area contributed by atoms with Gasteiger partial charge in [-0.3, -0.25) is 4.79 Å². The first-order chi connectivity index (χ1) is 12.8. The van der Waals surface area contributed by atoms with Crippen molar-refractivity contribution in [2.75, 3.05) is 26.2 Å². The second-order valence-corrected chi connectivity index (χ2v) is 6.80. The van der Waals surface area contributed by atoms with Crippen molar-refractivity contribution in [2.45, 2.75) is 84.0 Å². The van der Waals surface area contributed by atoms with Crippen molar-refractivity contribution in [3.8, 4) is 0 Å². The first-order valence-corrected chi connectivity index (χ1v) is 10.7. The van der Waals surface area contributed by atoms with Crippen LogP contribution < -0.4 is 10.6 Å².